The minimum absolute atomic E-state index is 0.579. The van der Waals surface area contributed by atoms with E-state index in [2.05, 4.69) is 127 Å². The number of fused-ring (bicyclic) bond motifs is 3. The predicted octanol–water partition coefficient (Wildman–Crippen LogP) is 14.0. The van der Waals surface area contributed by atoms with Crippen LogP contribution >= 0.6 is 34.8 Å². The van der Waals surface area contributed by atoms with Crippen LogP contribution in [0.25, 0.3) is 101 Å². The number of halogens is 3. The van der Waals surface area contributed by atoms with E-state index in [9.17, 15) is 0 Å². The average molecular weight is 1000 g/mol. The van der Waals surface area contributed by atoms with Crippen LogP contribution < -0.4 is 0 Å². The van der Waals surface area contributed by atoms with Crippen molar-refractivity contribution in [3.8, 4) is 67.5 Å². The third kappa shape index (κ3) is 9.19. The highest BCUT2D eigenvalue weighted by atomic mass is 35.5. The summed E-state index contributed by atoms with van der Waals surface area (Å²) in [6.07, 6.45) is 0. The molecule has 0 fully saturated rings. The lowest BCUT2D eigenvalue weighted by atomic mass is 10.0. The highest BCUT2D eigenvalue weighted by Gasteiger charge is 2.23. The van der Waals surface area contributed by atoms with Crippen LogP contribution in [0, 0.1) is 20.8 Å². The van der Waals surface area contributed by atoms with E-state index in [1.807, 2.05) is 124 Å². The van der Waals surface area contributed by atoms with E-state index >= 15 is 0 Å². The maximum atomic E-state index is 6.74. The molecule has 72 heavy (non-hydrogen) atoms. The van der Waals surface area contributed by atoms with E-state index in [0.29, 0.717) is 49.1 Å². The quantitative estimate of drug-likeness (QED) is 0.160. The predicted molar refractivity (Wildman–Crippen MR) is 291 cm³/mol. The van der Waals surface area contributed by atoms with Gasteiger partial charge in [0.1, 0.15) is 34.2 Å². The second-order valence-corrected chi connectivity index (χ2v) is 18.4. The van der Waals surface area contributed by atoms with Gasteiger partial charge in [0.15, 0.2) is 16.9 Å². The lowest BCUT2D eigenvalue weighted by Crippen LogP contribution is -1.95. The van der Waals surface area contributed by atoms with Gasteiger partial charge in [-0.1, -0.05) is 210 Å². The second kappa shape index (κ2) is 20.3. The summed E-state index contributed by atoms with van der Waals surface area (Å²) in [5.74, 6) is 0. The Morgan fingerprint density at radius 1 is 0.306 bits per heavy atom. The Hall–Kier alpha value is -8.16. The summed E-state index contributed by atoms with van der Waals surface area (Å²) in [5.41, 5.74) is 16.0. The fraction of sp³-hybridized carbons (Fsp3) is 0.105. The van der Waals surface area contributed by atoms with Crippen molar-refractivity contribution in [2.75, 3.05) is 0 Å². The molecule has 12 aromatic rings. The number of aromatic nitrogens is 12. The highest BCUT2D eigenvalue weighted by molar-refractivity contribution is 6.39. The molecule has 12 nitrogen and oxygen atoms in total. The zero-order valence-electron chi connectivity index (χ0n) is 40.1. The molecule has 6 aromatic carbocycles. The molecule has 0 aliphatic heterocycles. The van der Waals surface area contributed by atoms with E-state index in [-0.39, 0.29) is 0 Å². The van der Waals surface area contributed by atoms with Gasteiger partial charge >= 0.3 is 0 Å². The van der Waals surface area contributed by atoms with Crippen LogP contribution in [-0.2, 0) is 21.1 Å². The van der Waals surface area contributed by atoms with Crippen LogP contribution in [0.4, 0.5) is 0 Å². The van der Waals surface area contributed by atoms with Gasteiger partial charge in [0, 0.05) is 54.5 Å². The molecule has 15 heteroatoms. The Balaban J connectivity index is 0.000000124. The lowest BCUT2D eigenvalue weighted by molar-refractivity contribution is 0.781. The molecule has 0 aliphatic rings. The van der Waals surface area contributed by atoms with E-state index in [4.69, 9.17) is 34.8 Å². The Bertz CT molecular complexity index is 3720. The summed E-state index contributed by atoms with van der Waals surface area (Å²) in [5, 5.41) is 44.1. The van der Waals surface area contributed by atoms with Gasteiger partial charge in [0.2, 0.25) is 0 Å². The fourth-order valence-electron chi connectivity index (χ4n) is 8.47. The molecule has 0 saturated heterocycles. The first-order chi connectivity index (χ1) is 35.0. The molecule has 0 unspecified atom stereocenters. The van der Waals surface area contributed by atoms with Crippen LogP contribution in [-0.4, -0.2) is 59.9 Å². The molecule has 12 rings (SSSR count). The fourth-order valence-corrected chi connectivity index (χ4v) is 9.43. The normalized spacial score (nSPS) is 11.1. The molecule has 6 heterocycles. The third-order valence-electron chi connectivity index (χ3n) is 12.3. The maximum absolute atomic E-state index is 6.74. The van der Waals surface area contributed by atoms with Crippen LogP contribution in [0.15, 0.2) is 164 Å². The molecular formula is C57H45Cl3N12. The molecule has 0 amide bonds. The standard InChI is InChI=1S/3C19H15ClN4/c1-12-8-6-7-11-14(12)18-15-16(20)17(13-9-4-3-5-10-13)21-22-19(15)24(2)23-18;2*1-12-8-10-14(11-9-12)17-15-16(20)18(13-6-4-3-5-7-13)21-22-19(15)24(2)23-17/h3*3-11H,1-2H3. The highest BCUT2D eigenvalue weighted by Crippen LogP contribution is 2.40. The maximum Gasteiger partial charge on any atom is 0.182 e. The summed E-state index contributed by atoms with van der Waals surface area (Å²) in [6, 6.07) is 54.1. The van der Waals surface area contributed by atoms with Gasteiger partial charge in [-0.05, 0) is 26.3 Å². The van der Waals surface area contributed by atoms with Crippen molar-refractivity contribution in [3.05, 3.63) is 196 Å². The largest absolute Gasteiger partial charge is 0.248 e. The number of hydrogen-bond donors (Lipinski definition) is 0. The van der Waals surface area contributed by atoms with Crippen molar-refractivity contribution in [2.45, 2.75) is 20.8 Å². The van der Waals surface area contributed by atoms with E-state index < -0.39 is 0 Å². The van der Waals surface area contributed by atoms with Gasteiger partial charge in [0.05, 0.1) is 31.2 Å². The number of benzene rings is 6. The van der Waals surface area contributed by atoms with Gasteiger partial charge in [-0.25, -0.2) is 14.0 Å². The Morgan fingerprint density at radius 3 is 0.944 bits per heavy atom. The molecule has 0 radical (unpaired) electrons. The van der Waals surface area contributed by atoms with E-state index in [1.165, 1.54) is 11.1 Å². The Morgan fingerprint density at radius 2 is 0.597 bits per heavy atom. The zero-order valence-corrected chi connectivity index (χ0v) is 42.4. The molecule has 6 aromatic heterocycles. The summed E-state index contributed by atoms with van der Waals surface area (Å²) in [4.78, 5) is 0. The number of nitrogens with zero attached hydrogens (tertiary/aromatic N) is 12. The van der Waals surface area contributed by atoms with Crippen molar-refractivity contribution in [1.82, 2.24) is 59.9 Å². The summed E-state index contributed by atoms with van der Waals surface area (Å²) < 4.78 is 5.17. The number of hydrogen-bond acceptors (Lipinski definition) is 9. The van der Waals surface area contributed by atoms with Gasteiger partial charge in [0.25, 0.3) is 0 Å². The molecule has 354 valence electrons. The first-order valence-corrected chi connectivity index (χ1v) is 24.1. The lowest BCUT2D eigenvalue weighted by Gasteiger charge is -2.06. The SMILES string of the molecule is Cc1ccc(-c2nn(C)c3nnc(-c4ccccc4)c(Cl)c23)cc1.Cc1ccc(-c2nn(C)c3nnc(-c4ccccc4)c(Cl)c23)cc1.Cc1ccccc1-c1nn(C)c2nnc(-c3ccccc3)c(Cl)c12. The van der Waals surface area contributed by atoms with Gasteiger partial charge in [-0.15, -0.1) is 30.6 Å². The molecular weight excluding hydrogens is 959 g/mol. The van der Waals surface area contributed by atoms with Crippen LogP contribution in [0.5, 0.6) is 0 Å². The second-order valence-electron chi connectivity index (χ2n) is 17.2. The minimum Gasteiger partial charge on any atom is -0.248 e. The summed E-state index contributed by atoms with van der Waals surface area (Å²) in [7, 11) is 5.57. The summed E-state index contributed by atoms with van der Waals surface area (Å²) >= 11 is 20.2. The molecule has 0 saturated carbocycles. The first kappa shape index (κ1) is 47.5. The molecule has 0 N–H and O–H groups in total. The topological polar surface area (TPSA) is 131 Å². The smallest absolute Gasteiger partial charge is 0.182 e. The average Bonchev–Trinajstić information content (AvgIpc) is 4.06. The molecule has 0 bridgehead atoms. The first-order valence-electron chi connectivity index (χ1n) is 23.0. The van der Waals surface area contributed by atoms with Crippen molar-refractivity contribution in [3.63, 3.8) is 0 Å². The van der Waals surface area contributed by atoms with E-state index in [1.54, 1.807) is 14.0 Å². The molecule has 0 atom stereocenters. The van der Waals surface area contributed by atoms with Crippen molar-refractivity contribution < 1.29 is 0 Å². The monoisotopic (exact) mass is 1000 g/mol. The Kier molecular flexibility index (Phi) is 13.4. The van der Waals surface area contributed by atoms with Crippen LogP contribution in [0.3, 0.4) is 0 Å². The number of aryl methyl sites for hydroxylation is 6. The zero-order chi connectivity index (χ0) is 50.0. The van der Waals surface area contributed by atoms with E-state index in [0.717, 1.165) is 72.2 Å². The number of rotatable bonds is 6. The Labute approximate surface area is 430 Å². The van der Waals surface area contributed by atoms with Crippen molar-refractivity contribution in [2.24, 2.45) is 21.1 Å². The van der Waals surface area contributed by atoms with Gasteiger partial charge < -0.3 is 0 Å². The molecule has 0 spiro atoms. The van der Waals surface area contributed by atoms with Crippen molar-refractivity contribution in [1.29, 1.82) is 0 Å². The third-order valence-corrected chi connectivity index (χ3v) is 13.4. The molecule has 0 aliphatic carbocycles. The van der Waals surface area contributed by atoms with Crippen molar-refractivity contribution >= 4 is 67.9 Å². The van der Waals surface area contributed by atoms with Gasteiger partial charge in [-0.3, -0.25) is 0 Å². The van der Waals surface area contributed by atoms with Crippen LogP contribution in [0.2, 0.25) is 15.1 Å². The summed E-state index contributed by atoms with van der Waals surface area (Å²) in [6.45, 7) is 6.19. The van der Waals surface area contributed by atoms with Gasteiger partial charge in [-0.2, -0.15) is 15.3 Å². The minimum atomic E-state index is 0.579. The van der Waals surface area contributed by atoms with Crippen LogP contribution in [0.1, 0.15) is 16.7 Å².